The minimum atomic E-state index is -0.233. The van der Waals surface area contributed by atoms with Crippen molar-refractivity contribution in [3.05, 3.63) is 65.2 Å². The Labute approximate surface area is 137 Å². The predicted molar refractivity (Wildman–Crippen MR) is 89.5 cm³/mol. The molecule has 1 amide bonds. The molecule has 2 aromatic rings. The van der Waals surface area contributed by atoms with Crippen molar-refractivity contribution in [1.82, 2.24) is 10.3 Å². The third-order valence-electron chi connectivity index (χ3n) is 3.79. The molecule has 2 rings (SSSR count). The first-order chi connectivity index (χ1) is 11.1. The summed E-state index contributed by atoms with van der Waals surface area (Å²) in [7, 11) is 0. The number of hydrogen-bond donors (Lipinski definition) is 1. The summed E-state index contributed by atoms with van der Waals surface area (Å²) in [6.45, 7) is 3.98. The zero-order chi connectivity index (χ0) is 16.7. The largest absolute Gasteiger partial charge is 0.348 e. The van der Waals surface area contributed by atoms with E-state index in [1.54, 1.807) is 12.1 Å². The molecule has 4 heteroatoms. The highest BCUT2D eigenvalue weighted by atomic mass is 19.1. The highest BCUT2D eigenvalue weighted by Gasteiger charge is 2.13. The molecule has 1 unspecified atom stereocenters. The summed E-state index contributed by atoms with van der Waals surface area (Å²) in [4.78, 5) is 16.6. The SMILES string of the molecule is CCC(NC(=O)CCCc1ccc(F)cc1)c1cccc(C)n1. The molecular formula is C19H23FN2O. The van der Waals surface area contributed by atoms with Gasteiger partial charge in [0.2, 0.25) is 5.91 Å². The van der Waals surface area contributed by atoms with Crippen molar-refractivity contribution in [3.8, 4) is 0 Å². The Morgan fingerprint density at radius 1 is 1.22 bits per heavy atom. The maximum Gasteiger partial charge on any atom is 0.220 e. The minimum absolute atomic E-state index is 0.0299. The molecule has 122 valence electrons. The van der Waals surface area contributed by atoms with E-state index in [0.29, 0.717) is 6.42 Å². The Kier molecular flexibility index (Phi) is 6.27. The van der Waals surface area contributed by atoms with Crippen LogP contribution in [0, 0.1) is 12.7 Å². The van der Waals surface area contributed by atoms with Gasteiger partial charge in [-0.05, 0) is 56.0 Å². The first kappa shape index (κ1) is 17.1. The average molecular weight is 314 g/mol. The molecule has 0 aliphatic heterocycles. The fourth-order valence-electron chi connectivity index (χ4n) is 2.51. The molecule has 1 N–H and O–H groups in total. The van der Waals surface area contributed by atoms with Gasteiger partial charge in [0.1, 0.15) is 5.82 Å². The third kappa shape index (κ3) is 5.47. The van der Waals surface area contributed by atoms with Gasteiger partial charge in [-0.1, -0.05) is 25.1 Å². The summed E-state index contributed by atoms with van der Waals surface area (Å²) in [5.41, 5.74) is 2.90. The van der Waals surface area contributed by atoms with Gasteiger partial charge in [0.25, 0.3) is 0 Å². The van der Waals surface area contributed by atoms with Gasteiger partial charge in [0, 0.05) is 12.1 Å². The number of carbonyl (C=O) groups excluding carboxylic acids is 1. The van der Waals surface area contributed by atoms with Crippen molar-refractivity contribution in [1.29, 1.82) is 0 Å². The van der Waals surface area contributed by atoms with E-state index in [0.717, 1.165) is 36.2 Å². The molecule has 1 heterocycles. The molecule has 1 aromatic carbocycles. The second-order valence-corrected chi connectivity index (χ2v) is 5.71. The van der Waals surface area contributed by atoms with Crippen molar-refractivity contribution < 1.29 is 9.18 Å². The lowest BCUT2D eigenvalue weighted by Gasteiger charge is -2.17. The Morgan fingerprint density at radius 3 is 2.61 bits per heavy atom. The highest BCUT2D eigenvalue weighted by molar-refractivity contribution is 5.76. The Bertz CT molecular complexity index is 640. The van der Waals surface area contributed by atoms with Gasteiger partial charge in [0.05, 0.1) is 11.7 Å². The summed E-state index contributed by atoms with van der Waals surface area (Å²) in [5, 5.41) is 3.04. The van der Waals surface area contributed by atoms with Crippen LogP contribution in [0.5, 0.6) is 0 Å². The van der Waals surface area contributed by atoms with Gasteiger partial charge in [-0.25, -0.2) is 4.39 Å². The number of nitrogens with one attached hydrogen (secondary N) is 1. The van der Waals surface area contributed by atoms with Crippen molar-refractivity contribution >= 4 is 5.91 Å². The van der Waals surface area contributed by atoms with E-state index in [1.807, 2.05) is 32.0 Å². The summed E-state index contributed by atoms with van der Waals surface area (Å²) in [6, 6.07) is 12.2. The predicted octanol–water partition coefficient (Wildman–Crippen LogP) is 4.12. The molecule has 3 nitrogen and oxygen atoms in total. The molecule has 0 fully saturated rings. The van der Waals surface area contributed by atoms with Crippen molar-refractivity contribution in [3.63, 3.8) is 0 Å². The van der Waals surface area contributed by atoms with E-state index in [2.05, 4.69) is 10.3 Å². The standard InChI is InChI=1S/C19H23FN2O/c1-3-17(18-8-4-6-14(2)21-18)22-19(23)9-5-7-15-10-12-16(20)13-11-15/h4,6,8,10-13,17H,3,5,7,9H2,1-2H3,(H,22,23). The zero-order valence-electron chi connectivity index (χ0n) is 13.7. The van der Waals surface area contributed by atoms with Crippen molar-refractivity contribution in [2.75, 3.05) is 0 Å². The molecule has 0 aliphatic carbocycles. The van der Waals surface area contributed by atoms with E-state index in [-0.39, 0.29) is 17.8 Å². The first-order valence-electron chi connectivity index (χ1n) is 8.06. The molecule has 0 bridgehead atoms. The lowest BCUT2D eigenvalue weighted by molar-refractivity contribution is -0.122. The first-order valence-corrected chi connectivity index (χ1v) is 8.06. The van der Waals surface area contributed by atoms with Gasteiger partial charge in [-0.2, -0.15) is 0 Å². The van der Waals surface area contributed by atoms with Crippen LogP contribution in [-0.2, 0) is 11.2 Å². The summed E-state index contributed by atoms with van der Waals surface area (Å²) in [5.74, 6) is -0.204. The van der Waals surface area contributed by atoms with Crippen LogP contribution in [-0.4, -0.2) is 10.9 Å². The number of pyridine rings is 1. The van der Waals surface area contributed by atoms with Crippen LogP contribution in [0.1, 0.15) is 49.2 Å². The number of aryl methyl sites for hydroxylation is 2. The van der Waals surface area contributed by atoms with Gasteiger partial charge < -0.3 is 5.32 Å². The van der Waals surface area contributed by atoms with Crippen LogP contribution in [0.15, 0.2) is 42.5 Å². The average Bonchev–Trinajstić information content (AvgIpc) is 2.54. The van der Waals surface area contributed by atoms with Crippen LogP contribution in [0.25, 0.3) is 0 Å². The number of rotatable bonds is 7. The molecule has 0 spiro atoms. The van der Waals surface area contributed by atoms with E-state index in [9.17, 15) is 9.18 Å². The smallest absolute Gasteiger partial charge is 0.220 e. The van der Waals surface area contributed by atoms with Crippen LogP contribution in [0.4, 0.5) is 4.39 Å². The summed E-state index contributed by atoms with van der Waals surface area (Å²) >= 11 is 0. The number of halogens is 1. The lowest BCUT2D eigenvalue weighted by Crippen LogP contribution is -2.28. The maximum absolute atomic E-state index is 12.8. The number of carbonyl (C=O) groups is 1. The van der Waals surface area contributed by atoms with E-state index in [1.165, 1.54) is 12.1 Å². The lowest BCUT2D eigenvalue weighted by atomic mass is 10.1. The number of hydrogen-bond acceptors (Lipinski definition) is 2. The summed E-state index contributed by atoms with van der Waals surface area (Å²) < 4.78 is 12.8. The topological polar surface area (TPSA) is 42.0 Å². The summed E-state index contributed by atoms with van der Waals surface area (Å²) in [6.07, 6.45) is 2.78. The molecule has 0 saturated heterocycles. The highest BCUT2D eigenvalue weighted by Crippen LogP contribution is 2.15. The second kappa shape index (κ2) is 8.42. The van der Waals surface area contributed by atoms with Crippen LogP contribution in [0.2, 0.25) is 0 Å². The Balaban J connectivity index is 1.82. The Hall–Kier alpha value is -2.23. The van der Waals surface area contributed by atoms with Crippen molar-refractivity contribution in [2.24, 2.45) is 0 Å². The fourth-order valence-corrected chi connectivity index (χ4v) is 2.51. The monoisotopic (exact) mass is 314 g/mol. The molecule has 1 atom stereocenters. The van der Waals surface area contributed by atoms with E-state index >= 15 is 0 Å². The molecule has 0 aliphatic rings. The number of benzene rings is 1. The van der Waals surface area contributed by atoms with Gasteiger partial charge >= 0.3 is 0 Å². The molecule has 23 heavy (non-hydrogen) atoms. The normalized spacial score (nSPS) is 12.0. The van der Waals surface area contributed by atoms with Crippen LogP contribution >= 0.6 is 0 Å². The fraction of sp³-hybridized carbons (Fsp3) is 0.368. The third-order valence-corrected chi connectivity index (χ3v) is 3.79. The van der Waals surface area contributed by atoms with Gasteiger partial charge in [0.15, 0.2) is 0 Å². The maximum atomic E-state index is 12.8. The van der Waals surface area contributed by atoms with Crippen LogP contribution < -0.4 is 5.32 Å². The molecule has 1 aromatic heterocycles. The number of aromatic nitrogens is 1. The van der Waals surface area contributed by atoms with Crippen molar-refractivity contribution in [2.45, 2.75) is 45.6 Å². The quantitative estimate of drug-likeness (QED) is 0.835. The molecule has 0 saturated carbocycles. The molecule has 0 radical (unpaired) electrons. The number of nitrogens with zero attached hydrogens (tertiary/aromatic N) is 1. The van der Waals surface area contributed by atoms with E-state index < -0.39 is 0 Å². The van der Waals surface area contributed by atoms with Gasteiger partial charge in [-0.15, -0.1) is 0 Å². The minimum Gasteiger partial charge on any atom is -0.348 e. The molecular weight excluding hydrogens is 291 g/mol. The van der Waals surface area contributed by atoms with Crippen LogP contribution in [0.3, 0.4) is 0 Å². The van der Waals surface area contributed by atoms with E-state index in [4.69, 9.17) is 0 Å². The zero-order valence-corrected chi connectivity index (χ0v) is 13.7. The second-order valence-electron chi connectivity index (χ2n) is 5.71. The number of amides is 1. The van der Waals surface area contributed by atoms with Gasteiger partial charge in [-0.3, -0.25) is 9.78 Å². The Morgan fingerprint density at radius 2 is 1.96 bits per heavy atom.